The Bertz CT molecular complexity index is 294. The van der Waals surface area contributed by atoms with Crippen molar-refractivity contribution in [3.8, 4) is 0 Å². The summed E-state index contributed by atoms with van der Waals surface area (Å²) in [6, 6.07) is 4.11. The predicted octanol–water partition coefficient (Wildman–Crippen LogP) is 1.39. The van der Waals surface area contributed by atoms with Crippen molar-refractivity contribution in [2.45, 2.75) is 25.3 Å². The molecule has 15 heavy (non-hydrogen) atoms. The zero-order valence-corrected chi connectivity index (χ0v) is 9.20. The zero-order chi connectivity index (χ0) is 10.6. The van der Waals surface area contributed by atoms with E-state index < -0.39 is 0 Å². The molecular weight excluding hydrogens is 188 g/mol. The van der Waals surface area contributed by atoms with Gasteiger partial charge in [-0.15, -0.1) is 0 Å². The first-order valence-corrected chi connectivity index (χ1v) is 5.50. The van der Waals surface area contributed by atoms with Crippen molar-refractivity contribution in [1.29, 1.82) is 0 Å². The lowest BCUT2D eigenvalue weighted by molar-refractivity contribution is 0.0318. The van der Waals surface area contributed by atoms with Crippen molar-refractivity contribution >= 4 is 0 Å². The lowest BCUT2D eigenvalue weighted by atomic mass is 9.94. The molecule has 1 unspecified atom stereocenters. The van der Waals surface area contributed by atoms with Crippen LogP contribution in [0.5, 0.6) is 0 Å². The van der Waals surface area contributed by atoms with Gasteiger partial charge in [0.2, 0.25) is 0 Å². The highest BCUT2D eigenvalue weighted by Gasteiger charge is 2.26. The van der Waals surface area contributed by atoms with Gasteiger partial charge in [-0.2, -0.15) is 0 Å². The second kappa shape index (κ2) is 4.73. The maximum atomic E-state index is 5.50. The first kappa shape index (κ1) is 10.6. The van der Waals surface area contributed by atoms with Crippen LogP contribution in [-0.2, 0) is 11.2 Å². The molecule has 1 atom stereocenters. The molecule has 3 heteroatoms. The number of aromatic nitrogens is 1. The van der Waals surface area contributed by atoms with Gasteiger partial charge < -0.3 is 10.1 Å². The van der Waals surface area contributed by atoms with Crippen LogP contribution in [0.25, 0.3) is 0 Å². The summed E-state index contributed by atoms with van der Waals surface area (Å²) in [5, 5.41) is 3.52. The van der Waals surface area contributed by atoms with Crippen LogP contribution in [0.15, 0.2) is 24.5 Å². The van der Waals surface area contributed by atoms with Gasteiger partial charge in [0.05, 0.1) is 13.2 Å². The molecule has 1 aromatic heterocycles. The van der Waals surface area contributed by atoms with Gasteiger partial charge in [-0.05, 0) is 31.4 Å². The molecule has 2 rings (SSSR count). The van der Waals surface area contributed by atoms with Crippen molar-refractivity contribution in [3.63, 3.8) is 0 Å². The summed E-state index contributed by atoms with van der Waals surface area (Å²) >= 11 is 0. The van der Waals surface area contributed by atoms with Crippen molar-refractivity contribution in [3.05, 3.63) is 30.1 Å². The van der Waals surface area contributed by atoms with Crippen molar-refractivity contribution in [1.82, 2.24) is 10.3 Å². The Morgan fingerprint density at radius 1 is 1.60 bits per heavy atom. The number of nitrogens with one attached hydrogen (secondary N) is 1. The first-order chi connectivity index (χ1) is 7.29. The molecule has 0 radical (unpaired) electrons. The van der Waals surface area contributed by atoms with Gasteiger partial charge >= 0.3 is 0 Å². The summed E-state index contributed by atoms with van der Waals surface area (Å²) < 4.78 is 5.50. The maximum absolute atomic E-state index is 5.50. The lowest BCUT2D eigenvalue weighted by Gasteiger charge is -2.34. The Balaban J connectivity index is 1.87. The number of hydrogen-bond donors (Lipinski definition) is 1. The third-order valence-electron chi connectivity index (χ3n) is 2.91. The average molecular weight is 206 g/mol. The van der Waals surface area contributed by atoms with E-state index in [0.29, 0.717) is 0 Å². The highest BCUT2D eigenvalue weighted by molar-refractivity contribution is 5.09. The molecule has 1 aliphatic heterocycles. The van der Waals surface area contributed by atoms with Crippen LogP contribution in [0.2, 0.25) is 0 Å². The normalized spacial score (nSPS) is 26.5. The van der Waals surface area contributed by atoms with Gasteiger partial charge in [0.1, 0.15) is 0 Å². The number of hydrogen-bond acceptors (Lipinski definition) is 3. The lowest BCUT2D eigenvalue weighted by Crippen LogP contribution is -2.52. The minimum Gasteiger partial charge on any atom is -0.378 e. The topological polar surface area (TPSA) is 34.1 Å². The van der Waals surface area contributed by atoms with Gasteiger partial charge in [-0.1, -0.05) is 6.07 Å². The molecule has 0 aliphatic carbocycles. The summed E-state index contributed by atoms with van der Waals surface area (Å²) in [6.07, 6.45) is 5.90. The standard InChI is InChI=1S/C12H18N2O/c1-12(10-15-8-7-14-12)5-4-11-3-2-6-13-9-11/h2-3,6,9,14H,4-5,7-8,10H2,1H3. The molecular formula is C12H18N2O. The van der Waals surface area contributed by atoms with Crippen molar-refractivity contribution in [2.75, 3.05) is 19.8 Å². The highest BCUT2D eigenvalue weighted by Crippen LogP contribution is 2.16. The number of ether oxygens (including phenoxy) is 1. The van der Waals surface area contributed by atoms with Crippen LogP contribution in [0.4, 0.5) is 0 Å². The van der Waals surface area contributed by atoms with Crippen LogP contribution in [-0.4, -0.2) is 30.3 Å². The fraction of sp³-hybridized carbons (Fsp3) is 0.583. The smallest absolute Gasteiger partial charge is 0.0646 e. The van der Waals surface area contributed by atoms with Gasteiger partial charge in [0.15, 0.2) is 0 Å². The SMILES string of the molecule is CC1(CCc2cccnc2)COCCN1. The minimum absolute atomic E-state index is 0.133. The molecule has 3 nitrogen and oxygen atoms in total. The second-order valence-electron chi connectivity index (χ2n) is 4.40. The molecule has 1 N–H and O–H groups in total. The third kappa shape index (κ3) is 3.01. The molecule has 2 heterocycles. The largest absolute Gasteiger partial charge is 0.378 e. The van der Waals surface area contributed by atoms with Gasteiger partial charge in [-0.3, -0.25) is 4.98 Å². The number of pyridine rings is 1. The third-order valence-corrected chi connectivity index (χ3v) is 2.91. The van der Waals surface area contributed by atoms with Gasteiger partial charge in [-0.25, -0.2) is 0 Å². The number of nitrogens with zero attached hydrogens (tertiary/aromatic N) is 1. The average Bonchev–Trinajstić information content (AvgIpc) is 2.29. The number of morpholine rings is 1. The molecule has 0 aromatic carbocycles. The van der Waals surface area contributed by atoms with Crippen LogP contribution in [0.3, 0.4) is 0 Å². The monoisotopic (exact) mass is 206 g/mol. The molecule has 0 saturated carbocycles. The molecule has 0 bridgehead atoms. The number of rotatable bonds is 3. The van der Waals surface area contributed by atoms with E-state index >= 15 is 0 Å². The molecule has 82 valence electrons. The Hall–Kier alpha value is -0.930. The second-order valence-corrected chi connectivity index (χ2v) is 4.40. The van der Waals surface area contributed by atoms with Crippen molar-refractivity contribution in [2.24, 2.45) is 0 Å². The van der Waals surface area contributed by atoms with Gasteiger partial charge in [0.25, 0.3) is 0 Å². The van der Waals surface area contributed by atoms with Gasteiger partial charge in [0, 0.05) is 24.5 Å². The summed E-state index contributed by atoms with van der Waals surface area (Å²) in [4.78, 5) is 4.12. The fourth-order valence-corrected chi connectivity index (χ4v) is 1.90. The fourth-order valence-electron chi connectivity index (χ4n) is 1.90. The van der Waals surface area contributed by atoms with Crippen LogP contribution in [0, 0.1) is 0 Å². The van der Waals surface area contributed by atoms with E-state index in [1.807, 2.05) is 18.5 Å². The molecule has 1 aromatic rings. The van der Waals surface area contributed by atoms with Crippen LogP contribution < -0.4 is 5.32 Å². The molecule has 1 fully saturated rings. The maximum Gasteiger partial charge on any atom is 0.0646 e. The quantitative estimate of drug-likeness (QED) is 0.811. The van der Waals surface area contributed by atoms with E-state index in [0.717, 1.165) is 32.6 Å². The van der Waals surface area contributed by atoms with Crippen LogP contribution in [0.1, 0.15) is 18.9 Å². The molecule has 0 spiro atoms. The van der Waals surface area contributed by atoms with E-state index in [9.17, 15) is 0 Å². The first-order valence-electron chi connectivity index (χ1n) is 5.50. The van der Waals surface area contributed by atoms with E-state index in [-0.39, 0.29) is 5.54 Å². The molecule has 0 amide bonds. The number of aryl methyl sites for hydroxylation is 1. The minimum atomic E-state index is 0.133. The van der Waals surface area contributed by atoms with Crippen LogP contribution >= 0.6 is 0 Å². The molecule has 1 saturated heterocycles. The summed E-state index contributed by atoms with van der Waals surface area (Å²) in [6.45, 7) is 4.84. The zero-order valence-electron chi connectivity index (χ0n) is 9.20. The summed E-state index contributed by atoms with van der Waals surface area (Å²) in [5.41, 5.74) is 1.43. The Morgan fingerprint density at radius 3 is 3.20 bits per heavy atom. The van der Waals surface area contributed by atoms with E-state index in [1.165, 1.54) is 5.56 Å². The molecule has 1 aliphatic rings. The Kier molecular flexibility index (Phi) is 3.34. The highest BCUT2D eigenvalue weighted by atomic mass is 16.5. The Labute approximate surface area is 90.9 Å². The van der Waals surface area contributed by atoms with E-state index in [4.69, 9.17) is 4.74 Å². The summed E-state index contributed by atoms with van der Waals surface area (Å²) in [5.74, 6) is 0. The van der Waals surface area contributed by atoms with E-state index in [2.05, 4.69) is 23.3 Å². The Morgan fingerprint density at radius 2 is 2.53 bits per heavy atom. The van der Waals surface area contributed by atoms with E-state index in [1.54, 1.807) is 0 Å². The predicted molar refractivity (Wildman–Crippen MR) is 59.8 cm³/mol. The summed E-state index contributed by atoms with van der Waals surface area (Å²) in [7, 11) is 0. The van der Waals surface area contributed by atoms with Crippen molar-refractivity contribution < 1.29 is 4.74 Å².